The predicted octanol–water partition coefficient (Wildman–Crippen LogP) is 4.23. The lowest BCUT2D eigenvalue weighted by Crippen LogP contribution is -2.41. The van der Waals surface area contributed by atoms with Crippen LogP contribution < -0.4 is 5.32 Å². The summed E-state index contributed by atoms with van der Waals surface area (Å²) in [5.41, 5.74) is 3.08. The second kappa shape index (κ2) is 7.96. The van der Waals surface area contributed by atoms with Gasteiger partial charge in [0.2, 0.25) is 0 Å². The van der Waals surface area contributed by atoms with Crippen molar-refractivity contribution < 1.29 is 4.79 Å². The van der Waals surface area contributed by atoms with E-state index in [4.69, 9.17) is 0 Å². The first-order chi connectivity index (χ1) is 14.7. The second-order valence-corrected chi connectivity index (χ2v) is 8.36. The lowest BCUT2D eigenvalue weighted by Gasteiger charge is -2.31. The van der Waals surface area contributed by atoms with Crippen molar-refractivity contribution in [3.8, 4) is 0 Å². The molecule has 0 aromatic heterocycles. The van der Waals surface area contributed by atoms with Gasteiger partial charge in [0, 0.05) is 25.7 Å². The number of carbonyl (C=O) groups is 1. The fraction of sp³-hybridized carbons (Fsp3) is 0.269. The van der Waals surface area contributed by atoms with Crippen molar-refractivity contribution in [3.63, 3.8) is 0 Å². The molecule has 2 heterocycles. The van der Waals surface area contributed by atoms with Crippen LogP contribution in [0.1, 0.15) is 23.1 Å². The van der Waals surface area contributed by atoms with Crippen LogP contribution >= 0.6 is 0 Å². The Kier molecular flexibility index (Phi) is 5.01. The van der Waals surface area contributed by atoms with E-state index in [1.54, 1.807) is 0 Å². The first-order valence-corrected chi connectivity index (χ1v) is 10.7. The highest BCUT2D eigenvalue weighted by molar-refractivity contribution is 5.80. The van der Waals surface area contributed by atoms with Crippen LogP contribution in [0.2, 0.25) is 0 Å². The molecular weight excluding hydrogens is 370 g/mol. The third kappa shape index (κ3) is 3.48. The molecular formula is C26H27N3O. The molecule has 0 spiro atoms. The number of nitrogens with zero attached hydrogens (tertiary/aromatic N) is 2. The van der Waals surface area contributed by atoms with Gasteiger partial charge < -0.3 is 10.2 Å². The standard InChI is InChI=1S/C26H27N3O/c30-25-27-26(22-12-6-2-7-13-22,23-14-8-3-9-15-23)20-29(25)24-16-17-28(19-24)18-21-10-4-1-5-11-21/h1-15,24H,16-20H2,(H,27,30)/t24-/m1/s1. The minimum atomic E-state index is -0.507. The van der Waals surface area contributed by atoms with Gasteiger partial charge in [-0.3, -0.25) is 4.90 Å². The maximum atomic E-state index is 13.2. The SMILES string of the molecule is O=C1NC(c2ccccc2)(c2ccccc2)CN1[C@@H]1CCN(Cc2ccccc2)C1. The van der Waals surface area contributed by atoms with Crippen LogP contribution in [0.4, 0.5) is 4.79 Å². The average molecular weight is 398 g/mol. The summed E-state index contributed by atoms with van der Waals surface area (Å²) in [4.78, 5) is 17.7. The van der Waals surface area contributed by atoms with Gasteiger partial charge in [0.05, 0.1) is 6.54 Å². The zero-order chi connectivity index (χ0) is 20.4. The summed E-state index contributed by atoms with van der Waals surface area (Å²) in [6, 6.07) is 31.6. The number of benzene rings is 3. The van der Waals surface area contributed by atoms with Crippen molar-refractivity contribution in [3.05, 3.63) is 108 Å². The molecule has 5 rings (SSSR count). The van der Waals surface area contributed by atoms with Crippen molar-refractivity contribution >= 4 is 6.03 Å². The van der Waals surface area contributed by atoms with Crippen LogP contribution in [0.3, 0.4) is 0 Å². The maximum absolute atomic E-state index is 13.2. The number of rotatable bonds is 5. The zero-order valence-electron chi connectivity index (χ0n) is 17.1. The van der Waals surface area contributed by atoms with Crippen molar-refractivity contribution in [2.24, 2.45) is 0 Å². The molecule has 1 atom stereocenters. The highest BCUT2D eigenvalue weighted by atomic mass is 16.2. The van der Waals surface area contributed by atoms with Crippen molar-refractivity contribution in [2.75, 3.05) is 19.6 Å². The van der Waals surface area contributed by atoms with Crippen molar-refractivity contribution in [1.82, 2.24) is 15.1 Å². The Morgan fingerprint density at radius 3 is 2.00 bits per heavy atom. The molecule has 3 aromatic rings. The Hall–Kier alpha value is -3.11. The normalized spacial score (nSPS) is 21.0. The molecule has 0 saturated carbocycles. The molecule has 2 amide bonds. The molecule has 0 unspecified atom stereocenters. The zero-order valence-corrected chi connectivity index (χ0v) is 17.1. The number of nitrogens with one attached hydrogen (secondary N) is 1. The number of amides is 2. The van der Waals surface area contributed by atoms with E-state index in [2.05, 4.69) is 69.7 Å². The van der Waals surface area contributed by atoms with E-state index in [0.717, 1.165) is 37.2 Å². The van der Waals surface area contributed by atoms with Gasteiger partial charge in [-0.15, -0.1) is 0 Å². The van der Waals surface area contributed by atoms with Gasteiger partial charge in [-0.25, -0.2) is 4.79 Å². The summed E-state index contributed by atoms with van der Waals surface area (Å²) in [6.45, 7) is 3.54. The lowest BCUT2D eigenvalue weighted by atomic mass is 9.83. The Labute approximate surface area is 178 Å². The van der Waals surface area contributed by atoms with Gasteiger partial charge in [-0.05, 0) is 23.1 Å². The molecule has 4 heteroatoms. The highest BCUT2D eigenvalue weighted by Gasteiger charge is 2.48. The number of carbonyl (C=O) groups excluding carboxylic acids is 1. The molecule has 0 aliphatic carbocycles. The van der Waals surface area contributed by atoms with E-state index in [1.807, 2.05) is 36.4 Å². The predicted molar refractivity (Wildman–Crippen MR) is 119 cm³/mol. The molecule has 3 aromatic carbocycles. The Bertz CT molecular complexity index is 951. The van der Waals surface area contributed by atoms with Gasteiger partial charge >= 0.3 is 6.03 Å². The molecule has 2 fully saturated rings. The van der Waals surface area contributed by atoms with Crippen LogP contribution in [-0.4, -0.2) is 41.5 Å². The van der Waals surface area contributed by atoms with E-state index >= 15 is 0 Å². The Balaban J connectivity index is 1.38. The molecule has 0 bridgehead atoms. The van der Waals surface area contributed by atoms with Crippen molar-refractivity contribution in [2.45, 2.75) is 24.5 Å². The Morgan fingerprint density at radius 1 is 0.833 bits per heavy atom. The summed E-state index contributed by atoms with van der Waals surface area (Å²) in [5.74, 6) is 0. The highest BCUT2D eigenvalue weighted by Crippen LogP contribution is 2.36. The minimum Gasteiger partial charge on any atom is -0.323 e. The van der Waals surface area contributed by atoms with Crippen LogP contribution in [0.15, 0.2) is 91.0 Å². The number of hydrogen-bond donors (Lipinski definition) is 1. The van der Waals surface area contributed by atoms with E-state index in [9.17, 15) is 4.79 Å². The van der Waals surface area contributed by atoms with E-state index in [-0.39, 0.29) is 12.1 Å². The van der Waals surface area contributed by atoms with Crippen LogP contribution in [0.25, 0.3) is 0 Å². The van der Waals surface area contributed by atoms with Gasteiger partial charge in [0.1, 0.15) is 5.54 Å². The third-order valence-corrected chi connectivity index (χ3v) is 6.46. The minimum absolute atomic E-state index is 0.0364. The molecule has 0 radical (unpaired) electrons. The van der Waals surface area contributed by atoms with Crippen LogP contribution in [0, 0.1) is 0 Å². The molecule has 2 saturated heterocycles. The summed E-state index contributed by atoms with van der Waals surface area (Å²) in [5, 5.41) is 3.36. The fourth-order valence-corrected chi connectivity index (χ4v) is 4.91. The average Bonchev–Trinajstić information content (AvgIpc) is 3.40. The maximum Gasteiger partial charge on any atom is 0.318 e. The fourth-order valence-electron chi connectivity index (χ4n) is 4.91. The van der Waals surface area contributed by atoms with Gasteiger partial charge in [-0.1, -0.05) is 91.0 Å². The third-order valence-electron chi connectivity index (χ3n) is 6.46. The first-order valence-electron chi connectivity index (χ1n) is 10.7. The summed E-state index contributed by atoms with van der Waals surface area (Å²) in [6.07, 6.45) is 1.01. The molecule has 2 aliphatic heterocycles. The Morgan fingerprint density at radius 2 is 1.40 bits per heavy atom. The van der Waals surface area contributed by atoms with Crippen LogP contribution in [0.5, 0.6) is 0 Å². The topological polar surface area (TPSA) is 35.6 Å². The smallest absolute Gasteiger partial charge is 0.318 e. The molecule has 4 nitrogen and oxygen atoms in total. The summed E-state index contributed by atoms with van der Waals surface area (Å²) in [7, 11) is 0. The van der Waals surface area contributed by atoms with Gasteiger partial charge in [-0.2, -0.15) is 0 Å². The number of hydrogen-bond acceptors (Lipinski definition) is 2. The summed E-state index contributed by atoms with van der Waals surface area (Å²) < 4.78 is 0. The monoisotopic (exact) mass is 397 g/mol. The second-order valence-electron chi connectivity index (χ2n) is 8.36. The van der Waals surface area contributed by atoms with Gasteiger partial charge in [0.25, 0.3) is 0 Å². The van der Waals surface area contributed by atoms with E-state index < -0.39 is 5.54 Å². The first kappa shape index (κ1) is 18.9. The quantitative estimate of drug-likeness (QED) is 0.699. The molecule has 30 heavy (non-hydrogen) atoms. The lowest BCUT2D eigenvalue weighted by molar-refractivity contribution is 0.194. The van der Waals surface area contributed by atoms with E-state index in [0.29, 0.717) is 6.54 Å². The largest absolute Gasteiger partial charge is 0.323 e. The van der Waals surface area contributed by atoms with E-state index in [1.165, 1.54) is 5.56 Å². The van der Waals surface area contributed by atoms with Crippen molar-refractivity contribution in [1.29, 1.82) is 0 Å². The number of likely N-dealkylation sites (tertiary alicyclic amines) is 1. The van der Waals surface area contributed by atoms with Crippen LogP contribution in [-0.2, 0) is 12.1 Å². The van der Waals surface area contributed by atoms with Gasteiger partial charge in [0.15, 0.2) is 0 Å². The summed E-state index contributed by atoms with van der Waals surface area (Å²) >= 11 is 0. The molecule has 2 aliphatic rings. The molecule has 1 N–H and O–H groups in total. The number of urea groups is 1. The molecule has 152 valence electrons.